The van der Waals surface area contributed by atoms with Gasteiger partial charge in [-0.2, -0.15) is 0 Å². The van der Waals surface area contributed by atoms with Crippen molar-refractivity contribution in [2.24, 2.45) is 11.3 Å². The van der Waals surface area contributed by atoms with Crippen LogP contribution in [-0.4, -0.2) is 34.4 Å². The summed E-state index contributed by atoms with van der Waals surface area (Å²) in [4.78, 5) is 13.8. The lowest BCUT2D eigenvalue weighted by Crippen LogP contribution is -2.35. The Labute approximate surface area is 116 Å². The molecule has 6 heteroatoms. The Hall–Kier alpha value is -1.17. The summed E-state index contributed by atoms with van der Waals surface area (Å²) in [7, 11) is 0. The van der Waals surface area contributed by atoms with Crippen LogP contribution in [0.3, 0.4) is 0 Å². The number of carboxylic acid groups (broad SMARTS) is 1. The van der Waals surface area contributed by atoms with Crippen LogP contribution in [0, 0.1) is 11.3 Å². The average Bonchev–Trinajstić information content (AvgIpc) is 3.01. The van der Waals surface area contributed by atoms with Crippen molar-refractivity contribution in [2.75, 3.05) is 18.0 Å². The van der Waals surface area contributed by atoms with Gasteiger partial charge in [0.25, 0.3) is 0 Å². The molecule has 1 saturated carbocycles. The molecule has 2 heterocycles. The van der Waals surface area contributed by atoms with Crippen LogP contribution in [0.4, 0.5) is 5.13 Å². The van der Waals surface area contributed by atoms with Gasteiger partial charge in [0.15, 0.2) is 0 Å². The molecule has 1 saturated heterocycles. The maximum absolute atomic E-state index is 11.6. The van der Waals surface area contributed by atoms with Gasteiger partial charge in [0.1, 0.15) is 5.01 Å². The molecule has 1 N–H and O–H groups in total. The number of nitrogens with zero attached hydrogens (tertiary/aromatic N) is 3. The second-order valence-corrected chi connectivity index (χ2v) is 7.00. The number of rotatable bonds is 3. The van der Waals surface area contributed by atoms with Gasteiger partial charge in [0.05, 0.1) is 5.41 Å². The monoisotopic (exact) mass is 281 g/mol. The fourth-order valence-electron chi connectivity index (χ4n) is 3.37. The molecule has 0 radical (unpaired) electrons. The van der Waals surface area contributed by atoms with E-state index < -0.39 is 11.4 Å². The average molecular weight is 281 g/mol. The molecular formula is C13H19N3O2S. The van der Waals surface area contributed by atoms with Gasteiger partial charge < -0.3 is 10.0 Å². The Morgan fingerprint density at radius 2 is 2.32 bits per heavy atom. The van der Waals surface area contributed by atoms with Gasteiger partial charge in [0, 0.05) is 19.0 Å². The van der Waals surface area contributed by atoms with E-state index in [9.17, 15) is 9.90 Å². The Morgan fingerprint density at radius 3 is 2.89 bits per heavy atom. The summed E-state index contributed by atoms with van der Waals surface area (Å²) in [6.07, 6.45) is 2.87. The number of hydrogen-bond acceptors (Lipinski definition) is 5. The summed E-state index contributed by atoms with van der Waals surface area (Å²) in [5.74, 6) is 0.0179. The summed E-state index contributed by atoms with van der Waals surface area (Å²) >= 11 is 1.60. The molecule has 1 aliphatic carbocycles. The van der Waals surface area contributed by atoms with Crippen LogP contribution in [0.1, 0.15) is 44.0 Å². The smallest absolute Gasteiger partial charge is 0.311 e. The van der Waals surface area contributed by atoms with Crippen LogP contribution < -0.4 is 4.90 Å². The van der Waals surface area contributed by atoms with Gasteiger partial charge in [-0.1, -0.05) is 31.6 Å². The van der Waals surface area contributed by atoms with E-state index in [1.54, 1.807) is 11.3 Å². The molecule has 104 valence electrons. The van der Waals surface area contributed by atoms with Crippen molar-refractivity contribution >= 4 is 22.4 Å². The highest BCUT2D eigenvalue weighted by Crippen LogP contribution is 2.50. The van der Waals surface area contributed by atoms with Gasteiger partial charge in [-0.25, -0.2) is 0 Å². The van der Waals surface area contributed by atoms with E-state index in [4.69, 9.17) is 0 Å². The third-order valence-corrected chi connectivity index (χ3v) is 5.78. The largest absolute Gasteiger partial charge is 0.481 e. The first-order valence-electron chi connectivity index (χ1n) is 6.84. The van der Waals surface area contributed by atoms with Gasteiger partial charge in [-0.15, -0.1) is 10.2 Å². The first-order valence-corrected chi connectivity index (χ1v) is 7.66. The number of aliphatic carboxylic acids is 1. The fourth-order valence-corrected chi connectivity index (χ4v) is 4.23. The van der Waals surface area contributed by atoms with Crippen molar-refractivity contribution in [1.82, 2.24) is 10.2 Å². The number of fused-ring (bicyclic) bond motifs is 1. The summed E-state index contributed by atoms with van der Waals surface area (Å²) in [5, 5.41) is 19.9. The summed E-state index contributed by atoms with van der Waals surface area (Å²) in [5.41, 5.74) is -0.538. The number of carboxylic acids is 1. The minimum atomic E-state index is -0.633. The van der Waals surface area contributed by atoms with Crippen LogP contribution >= 0.6 is 11.3 Å². The zero-order valence-corrected chi connectivity index (χ0v) is 12.1. The second kappa shape index (κ2) is 4.44. The predicted molar refractivity (Wildman–Crippen MR) is 73.6 cm³/mol. The number of hydrogen-bond donors (Lipinski definition) is 1. The predicted octanol–water partition coefficient (Wildman–Crippen LogP) is 2.35. The number of carbonyl (C=O) groups is 1. The molecule has 0 spiro atoms. The number of aromatic nitrogens is 2. The van der Waals surface area contributed by atoms with Gasteiger partial charge in [0.2, 0.25) is 5.13 Å². The standard InChI is InChI=1S/C13H19N3O2S/c1-8(2)10-14-15-12(19-10)16-6-9-4-3-5-13(9,7-16)11(17)18/h8-9H,3-7H2,1-2H3,(H,17,18)/t9-,13+/m0/s1. The summed E-state index contributed by atoms with van der Waals surface area (Å²) in [6, 6.07) is 0. The van der Waals surface area contributed by atoms with E-state index in [1.807, 2.05) is 0 Å². The Morgan fingerprint density at radius 1 is 1.53 bits per heavy atom. The van der Waals surface area contributed by atoms with Crippen LogP contribution in [0.15, 0.2) is 0 Å². The van der Waals surface area contributed by atoms with Crippen molar-refractivity contribution in [2.45, 2.75) is 39.0 Å². The first kappa shape index (κ1) is 12.8. The molecule has 2 atom stereocenters. The summed E-state index contributed by atoms with van der Waals surface area (Å²) < 4.78 is 0. The Kier molecular flexibility index (Phi) is 3.00. The third-order valence-electron chi connectivity index (χ3n) is 4.49. The molecule has 1 aromatic heterocycles. The lowest BCUT2D eigenvalue weighted by Gasteiger charge is -2.22. The maximum atomic E-state index is 11.6. The van der Waals surface area contributed by atoms with Crippen molar-refractivity contribution in [3.05, 3.63) is 5.01 Å². The van der Waals surface area contributed by atoms with E-state index >= 15 is 0 Å². The molecular weight excluding hydrogens is 262 g/mol. The van der Waals surface area contributed by atoms with Crippen LogP contribution in [0.5, 0.6) is 0 Å². The third kappa shape index (κ3) is 1.93. The van der Waals surface area contributed by atoms with Crippen molar-refractivity contribution in [1.29, 1.82) is 0 Å². The zero-order valence-electron chi connectivity index (χ0n) is 11.3. The Balaban J connectivity index is 1.83. The van der Waals surface area contributed by atoms with Gasteiger partial charge >= 0.3 is 5.97 Å². The molecule has 0 bridgehead atoms. The van der Waals surface area contributed by atoms with E-state index in [0.717, 1.165) is 35.9 Å². The van der Waals surface area contributed by atoms with Gasteiger partial charge in [-0.3, -0.25) is 4.79 Å². The van der Waals surface area contributed by atoms with E-state index in [1.165, 1.54) is 0 Å². The quantitative estimate of drug-likeness (QED) is 0.921. The molecule has 0 amide bonds. The molecule has 5 nitrogen and oxygen atoms in total. The van der Waals surface area contributed by atoms with Crippen molar-refractivity contribution in [3.63, 3.8) is 0 Å². The first-order chi connectivity index (χ1) is 9.03. The molecule has 1 aromatic rings. The second-order valence-electron chi connectivity index (χ2n) is 6.01. The topological polar surface area (TPSA) is 66.3 Å². The zero-order chi connectivity index (χ0) is 13.6. The van der Waals surface area contributed by atoms with Crippen molar-refractivity contribution < 1.29 is 9.90 Å². The Bertz CT molecular complexity index is 502. The lowest BCUT2D eigenvalue weighted by atomic mass is 9.81. The van der Waals surface area contributed by atoms with Crippen LogP contribution in [0.2, 0.25) is 0 Å². The molecule has 3 rings (SSSR count). The number of anilines is 1. The van der Waals surface area contributed by atoms with E-state index in [-0.39, 0.29) is 5.92 Å². The summed E-state index contributed by atoms with van der Waals surface area (Å²) in [6.45, 7) is 5.61. The van der Waals surface area contributed by atoms with Gasteiger partial charge in [-0.05, 0) is 18.8 Å². The minimum absolute atomic E-state index is 0.274. The normalized spacial score (nSPS) is 30.1. The van der Waals surface area contributed by atoms with Crippen LogP contribution in [0.25, 0.3) is 0 Å². The van der Waals surface area contributed by atoms with E-state index in [2.05, 4.69) is 28.9 Å². The highest BCUT2D eigenvalue weighted by molar-refractivity contribution is 7.15. The molecule has 19 heavy (non-hydrogen) atoms. The van der Waals surface area contributed by atoms with Crippen LogP contribution in [-0.2, 0) is 4.79 Å². The lowest BCUT2D eigenvalue weighted by molar-refractivity contribution is -0.149. The minimum Gasteiger partial charge on any atom is -0.481 e. The highest BCUT2D eigenvalue weighted by atomic mass is 32.1. The maximum Gasteiger partial charge on any atom is 0.311 e. The highest BCUT2D eigenvalue weighted by Gasteiger charge is 2.55. The SMILES string of the molecule is CC(C)c1nnc(N2C[C@@H]3CCC[C@@]3(C(=O)O)C2)s1. The van der Waals surface area contributed by atoms with Crippen molar-refractivity contribution in [3.8, 4) is 0 Å². The molecule has 0 aromatic carbocycles. The molecule has 0 unspecified atom stereocenters. The van der Waals surface area contributed by atoms with E-state index in [0.29, 0.717) is 12.5 Å². The molecule has 2 aliphatic rings. The molecule has 1 aliphatic heterocycles. The molecule has 2 fully saturated rings. The fraction of sp³-hybridized carbons (Fsp3) is 0.769.